The predicted octanol–water partition coefficient (Wildman–Crippen LogP) is 3.09. The fourth-order valence-corrected chi connectivity index (χ4v) is 1.77. The summed E-state index contributed by atoms with van der Waals surface area (Å²) in [6.07, 6.45) is -3.35. The maximum atomic E-state index is 12.4. The van der Waals surface area contributed by atoms with E-state index in [1.165, 1.54) is 19.1 Å². The van der Waals surface area contributed by atoms with E-state index in [1.54, 1.807) is 0 Å². The number of rotatable bonds is 5. The van der Waals surface area contributed by atoms with E-state index in [0.29, 0.717) is 4.90 Å². The van der Waals surface area contributed by atoms with Gasteiger partial charge >= 0.3 is 6.18 Å². The number of hydrogen-bond acceptors (Lipinski definition) is 3. The van der Waals surface area contributed by atoms with Gasteiger partial charge < -0.3 is 4.90 Å². The van der Waals surface area contributed by atoms with Crippen molar-refractivity contribution in [3.63, 3.8) is 0 Å². The summed E-state index contributed by atoms with van der Waals surface area (Å²) >= 11 is 0. The van der Waals surface area contributed by atoms with E-state index in [4.69, 9.17) is 0 Å². The first-order valence-corrected chi connectivity index (χ1v) is 5.87. The van der Waals surface area contributed by atoms with Gasteiger partial charge in [-0.05, 0) is 19.1 Å². The lowest BCUT2D eigenvalue weighted by atomic mass is 10.1. The summed E-state index contributed by atoms with van der Waals surface area (Å²) < 4.78 is 37.3. The lowest BCUT2D eigenvalue weighted by molar-refractivity contribution is -0.385. The molecular weight excluding hydrogens is 289 g/mol. The number of halogens is 3. The number of alkyl halides is 3. The van der Waals surface area contributed by atoms with Crippen LogP contribution >= 0.6 is 0 Å². The minimum atomic E-state index is -4.53. The predicted molar refractivity (Wildman–Crippen MR) is 70.0 cm³/mol. The molecule has 0 saturated carbocycles. The molecule has 1 aromatic rings. The Morgan fingerprint density at radius 3 is 2.52 bits per heavy atom. The molecule has 0 unspecified atom stereocenters. The highest BCUT2D eigenvalue weighted by atomic mass is 19.4. The third-order valence-electron chi connectivity index (χ3n) is 2.65. The van der Waals surface area contributed by atoms with Gasteiger partial charge in [-0.25, -0.2) is 0 Å². The third kappa shape index (κ3) is 4.59. The Bertz CT molecular complexity index is 570. The van der Waals surface area contributed by atoms with Gasteiger partial charge in [0, 0.05) is 23.7 Å². The highest BCUT2D eigenvalue weighted by molar-refractivity contribution is 5.94. The second-order valence-electron chi connectivity index (χ2n) is 4.35. The van der Waals surface area contributed by atoms with Gasteiger partial charge in [-0.1, -0.05) is 6.08 Å². The Labute approximate surface area is 118 Å². The molecule has 0 aromatic heterocycles. The molecule has 0 fully saturated rings. The van der Waals surface area contributed by atoms with Crippen LogP contribution in [0.4, 0.5) is 18.9 Å². The van der Waals surface area contributed by atoms with Gasteiger partial charge in [-0.2, -0.15) is 13.2 Å². The van der Waals surface area contributed by atoms with Crippen molar-refractivity contribution in [2.45, 2.75) is 13.1 Å². The maximum Gasteiger partial charge on any atom is 0.406 e. The summed E-state index contributed by atoms with van der Waals surface area (Å²) in [5, 5.41) is 10.7. The monoisotopic (exact) mass is 302 g/mol. The molecule has 0 atom stereocenters. The van der Waals surface area contributed by atoms with E-state index in [2.05, 4.69) is 6.58 Å². The van der Waals surface area contributed by atoms with Crippen molar-refractivity contribution in [1.29, 1.82) is 0 Å². The third-order valence-corrected chi connectivity index (χ3v) is 2.65. The van der Waals surface area contributed by atoms with Crippen molar-refractivity contribution in [3.8, 4) is 0 Å². The van der Waals surface area contributed by atoms with E-state index < -0.39 is 23.6 Å². The molecule has 1 rings (SSSR count). The first kappa shape index (κ1) is 16.7. The molecule has 0 heterocycles. The van der Waals surface area contributed by atoms with Gasteiger partial charge in [0.2, 0.25) is 0 Å². The zero-order valence-corrected chi connectivity index (χ0v) is 11.2. The number of hydrogen-bond donors (Lipinski definition) is 0. The molecule has 0 bridgehead atoms. The van der Waals surface area contributed by atoms with Gasteiger partial charge in [0.15, 0.2) is 0 Å². The molecule has 8 heteroatoms. The van der Waals surface area contributed by atoms with Gasteiger partial charge in [0.25, 0.3) is 11.6 Å². The maximum absolute atomic E-state index is 12.4. The summed E-state index contributed by atoms with van der Waals surface area (Å²) in [7, 11) is 0. The minimum absolute atomic E-state index is 0.0378. The Balaban J connectivity index is 3.06. The number of nitrogens with zero attached hydrogens (tertiary/aromatic N) is 2. The second-order valence-corrected chi connectivity index (χ2v) is 4.35. The Morgan fingerprint density at radius 2 is 2.10 bits per heavy atom. The average molecular weight is 302 g/mol. The van der Waals surface area contributed by atoms with Crippen molar-refractivity contribution >= 4 is 11.6 Å². The number of benzene rings is 1. The molecule has 0 aliphatic rings. The minimum Gasteiger partial charge on any atom is -0.326 e. The summed E-state index contributed by atoms with van der Waals surface area (Å²) in [6.45, 7) is 3.05. The van der Waals surface area contributed by atoms with Crippen LogP contribution in [-0.4, -0.2) is 35.0 Å². The zero-order chi connectivity index (χ0) is 16.2. The van der Waals surface area contributed by atoms with Crippen molar-refractivity contribution in [3.05, 3.63) is 52.1 Å². The molecule has 0 radical (unpaired) electrons. The van der Waals surface area contributed by atoms with E-state index in [9.17, 15) is 28.1 Å². The summed E-state index contributed by atoms with van der Waals surface area (Å²) in [6, 6.07) is 3.44. The topological polar surface area (TPSA) is 63.5 Å². The fourth-order valence-electron chi connectivity index (χ4n) is 1.77. The fraction of sp³-hybridized carbons (Fsp3) is 0.308. The smallest absolute Gasteiger partial charge is 0.326 e. The number of amides is 1. The molecule has 1 aromatic carbocycles. The molecule has 0 spiro atoms. The van der Waals surface area contributed by atoms with Crippen LogP contribution < -0.4 is 0 Å². The molecule has 0 N–H and O–H groups in total. The Hall–Kier alpha value is -2.38. The zero-order valence-electron chi connectivity index (χ0n) is 11.2. The lowest BCUT2D eigenvalue weighted by Crippen LogP contribution is -2.39. The summed E-state index contributed by atoms with van der Waals surface area (Å²) in [4.78, 5) is 22.7. The molecule has 1 amide bonds. The lowest BCUT2D eigenvalue weighted by Gasteiger charge is -2.22. The molecular formula is C13H13F3N2O3. The van der Waals surface area contributed by atoms with Gasteiger partial charge in [-0.15, -0.1) is 6.58 Å². The quantitative estimate of drug-likeness (QED) is 0.477. The van der Waals surface area contributed by atoms with E-state index >= 15 is 0 Å². The molecule has 5 nitrogen and oxygen atoms in total. The van der Waals surface area contributed by atoms with Gasteiger partial charge in [0.05, 0.1) is 4.92 Å². The molecule has 0 saturated heterocycles. The van der Waals surface area contributed by atoms with Crippen LogP contribution in [0.1, 0.15) is 15.9 Å². The molecule has 21 heavy (non-hydrogen) atoms. The standard InChI is InChI=1S/C13H13F3N2O3/c1-3-6-17(8-13(14,15)16)12(19)10-4-5-11(18(20)21)9(2)7-10/h3-5,7H,1,6,8H2,2H3. The van der Waals surface area contributed by atoms with Crippen LogP contribution in [0.2, 0.25) is 0 Å². The molecule has 0 aliphatic heterocycles. The first-order valence-electron chi connectivity index (χ1n) is 5.87. The number of carbonyl (C=O) groups excluding carboxylic acids is 1. The summed E-state index contributed by atoms with van der Waals surface area (Å²) in [5.74, 6) is -0.856. The Kier molecular flexibility index (Phi) is 5.07. The average Bonchev–Trinajstić information content (AvgIpc) is 2.35. The van der Waals surface area contributed by atoms with Crippen molar-refractivity contribution in [1.82, 2.24) is 4.90 Å². The van der Waals surface area contributed by atoms with Crippen LogP contribution in [-0.2, 0) is 0 Å². The number of aryl methyl sites for hydroxylation is 1. The van der Waals surface area contributed by atoms with E-state index in [-0.39, 0.29) is 23.4 Å². The van der Waals surface area contributed by atoms with E-state index in [1.807, 2.05) is 0 Å². The van der Waals surface area contributed by atoms with Crippen molar-refractivity contribution in [2.24, 2.45) is 0 Å². The molecule has 114 valence electrons. The van der Waals surface area contributed by atoms with Crippen LogP contribution in [0.5, 0.6) is 0 Å². The van der Waals surface area contributed by atoms with Gasteiger partial charge in [-0.3, -0.25) is 14.9 Å². The summed E-state index contributed by atoms with van der Waals surface area (Å²) in [5.41, 5.74) is -0.0294. The number of nitro benzene ring substituents is 1. The highest BCUT2D eigenvalue weighted by Gasteiger charge is 2.33. The van der Waals surface area contributed by atoms with Crippen LogP contribution in [0.15, 0.2) is 30.9 Å². The van der Waals surface area contributed by atoms with Crippen LogP contribution in [0.25, 0.3) is 0 Å². The van der Waals surface area contributed by atoms with Crippen molar-refractivity contribution in [2.75, 3.05) is 13.1 Å². The SMILES string of the molecule is C=CCN(CC(F)(F)F)C(=O)c1ccc([N+](=O)[O-])c(C)c1. The van der Waals surface area contributed by atoms with Crippen molar-refractivity contribution < 1.29 is 22.9 Å². The molecule has 0 aliphatic carbocycles. The van der Waals surface area contributed by atoms with Crippen LogP contribution in [0.3, 0.4) is 0 Å². The number of nitro groups is 1. The first-order chi connectivity index (χ1) is 9.65. The Morgan fingerprint density at radius 1 is 1.48 bits per heavy atom. The highest BCUT2D eigenvalue weighted by Crippen LogP contribution is 2.22. The van der Waals surface area contributed by atoms with Crippen LogP contribution in [0, 0.1) is 17.0 Å². The second kappa shape index (κ2) is 6.38. The van der Waals surface area contributed by atoms with E-state index in [0.717, 1.165) is 12.1 Å². The number of carbonyl (C=O) groups is 1. The normalized spacial score (nSPS) is 11.0. The largest absolute Gasteiger partial charge is 0.406 e. The van der Waals surface area contributed by atoms with Gasteiger partial charge in [0.1, 0.15) is 6.54 Å².